The van der Waals surface area contributed by atoms with Gasteiger partial charge < -0.3 is 5.32 Å². The number of pyridine rings is 1. The monoisotopic (exact) mass is 360 g/mol. The molecule has 3 N–H and O–H groups in total. The van der Waals surface area contributed by atoms with Crippen LogP contribution < -0.4 is 10.0 Å². The van der Waals surface area contributed by atoms with E-state index in [0.29, 0.717) is 13.1 Å². The van der Waals surface area contributed by atoms with E-state index in [1.54, 1.807) is 42.9 Å². The Morgan fingerprint density at radius 2 is 2.08 bits per heavy atom. The SMILES string of the molecule is C[C@H](CNCCc1cn[nH]n1)NS(=O)(=O)c1ccc2cnccc2c1. The first kappa shape index (κ1) is 17.5. The van der Waals surface area contributed by atoms with Gasteiger partial charge in [0.2, 0.25) is 10.0 Å². The Morgan fingerprint density at radius 1 is 1.20 bits per heavy atom. The van der Waals surface area contributed by atoms with E-state index in [9.17, 15) is 8.42 Å². The van der Waals surface area contributed by atoms with Gasteiger partial charge in [0.15, 0.2) is 0 Å². The lowest BCUT2D eigenvalue weighted by atomic mass is 10.2. The minimum atomic E-state index is -3.57. The first-order valence-electron chi connectivity index (χ1n) is 7.96. The molecule has 0 saturated carbocycles. The molecule has 0 fully saturated rings. The molecular weight excluding hydrogens is 340 g/mol. The van der Waals surface area contributed by atoms with Gasteiger partial charge in [0.1, 0.15) is 0 Å². The Balaban J connectivity index is 1.56. The van der Waals surface area contributed by atoms with E-state index in [0.717, 1.165) is 22.9 Å². The van der Waals surface area contributed by atoms with Gasteiger partial charge in [-0.3, -0.25) is 4.98 Å². The summed E-state index contributed by atoms with van der Waals surface area (Å²) in [5, 5.41) is 15.2. The normalized spacial score (nSPS) is 13.2. The van der Waals surface area contributed by atoms with Crippen molar-refractivity contribution in [1.82, 2.24) is 30.4 Å². The summed E-state index contributed by atoms with van der Waals surface area (Å²) in [6.07, 6.45) is 5.76. The van der Waals surface area contributed by atoms with Crippen LogP contribution in [0.15, 0.2) is 47.8 Å². The molecule has 8 nitrogen and oxygen atoms in total. The molecule has 1 atom stereocenters. The lowest BCUT2D eigenvalue weighted by Crippen LogP contribution is -2.40. The number of hydrogen-bond donors (Lipinski definition) is 3. The second-order valence-corrected chi connectivity index (χ2v) is 7.54. The van der Waals surface area contributed by atoms with Crippen LogP contribution in [0.3, 0.4) is 0 Å². The highest BCUT2D eigenvalue weighted by Gasteiger charge is 2.17. The summed E-state index contributed by atoms with van der Waals surface area (Å²) in [7, 11) is -3.57. The quantitative estimate of drug-likeness (QED) is 0.514. The molecule has 2 heterocycles. The molecule has 0 unspecified atom stereocenters. The van der Waals surface area contributed by atoms with Crippen molar-refractivity contribution >= 4 is 20.8 Å². The highest BCUT2D eigenvalue weighted by molar-refractivity contribution is 7.89. The topological polar surface area (TPSA) is 113 Å². The molecule has 2 aromatic heterocycles. The summed E-state index contributed by atoms with van der Waals surface area (Å²) in [6, 6.07) is 6.57. The van der Waals surface area contributed by atoms with Crippen LogP contribution in [0.5, 0.6) is 0 Å². The van der Waals surface area contributed by atoms with Crippen molar-refractivity contribution in [2.75, 3.05) is 13.1 Å². The fourth-order valence-electron chi connectivity index (χ4n) is 2.48. The lowest BCUT2D eigenvalue weighted by Gasteiger charge is -2.15. The van der Waals surface area contributed by atoms with E-state index in [1.807, 2.05) is 6.92 Å². The minimum Gasteiger partial charge on any atom is -0.315 e. The van der Waals surface area contributed by atoms with E-state index in [4.69, 9.17) is 0 Å². The molecule has 3 rings (SSSR count). The minimum absolute atomic E-state index is 0.240. The van der Waals surface area contributed by atoms with E-state index >= 15 is 0 Å². The maximum atomic E-state index is 12.5. The van der Waals surface area contributed by atoms with Crippen molar-refractivity contribution in [3.8, 4) is 0 Å². The summed E-state index contributed by atoms with van der Waals surface area (Å²) in [5.74, 6) is 0. The zero-order chi connectivity index (χ0) is 17.7. The maximum absolute atomic E-state index is 12.5. The van der Waals surface area contributed by atoms with Crippen molar-refractivity contribution in [1.29, 1.82) is 0 Å². The number of H-pyrrole nitrogens is 1. The lowest BCUT2D eigenvalue weighted by molar-refractivity contribution is 0.536. The van der Waals surface area contributed by atoms with Gasteiger partial charge in [-0.15, -0.1) is 0 Å². The van der Waals surface area contributed by atoms with E-state index in [-0.39, 0.29) is 10.9 Å². The number of aromatic nitrogens is 4. The van der Waals surface area contributed by atoms with Crippen LogP contribution in [0.2, 0.25) is 0 Å². The summed E-state index contributed by atoms with van der Waals surface area (Å²) in [4.78, 5) is 4.28. The number of nitrogens with zero attached hydrogens (tertiary/aromatic N) is 3. The van der Waals surface area contributed by atoms with Crippen molar-refractivity contribution in [3.63, 3.8) is 0 Å². The summed E-state index contributed by atoms with van der Waals surface area (Å²) in [5.41, 5.74) is 0.867. The number of aromatic amines is 1. The van der Waals surface area contributed by atoms with Crippen LogP contribution in [0.1, 0.15) is 12.6 Å². The van der Waals surface area contributed by atoms with Gasteiger partial charge in [-0.2, -0.15) is 15.4 Å². The smallest absolute Gasteiger partial charge is 0.240 e. The van der Waals surface area contributed by atoms with Gasteiger partial charge in [0.25, 0.3) is 0 Å². The molecule has 0 saturated heterocycles. The van der Waals surface area contributed by atoms with E-state index in [1.165, 1.54) is 0 Å². The Morgan fingerprint density at radius 3 is 2.88 bits per heavy atom. The zero-order valence-corrected chi connectivity index (χ0v) is 14.6. The number of nitrogens with one attached hydrogen (secondary N) is 3. The highest BCUT2D eigenvalue weighted by atomic mass is 32.2. The van der Waals surface area contributed by atoms with Gasteiger partial charge in [0.05, 0.1) is 16.8 Å². The highest BCUT2D eigenvalue weighted by Crippen LogP contribution is 2.18. The summed E-state index contributed by atoms with van der Waals surface area (Å²) >= 11 is 0. The third-order valence-electron chi connectivity index (χ3n) is 3.75. The molecule has 0 aliphatic heterocycles. The van der Waals surface area contributed by atoms with Gasteiger partial charge in [-0.1, -0.05) is 6.07 Å². The molecule has 132 valence electrons. The van der Waals surface area contributed by atoms with Crippen LogP contribution in [0.4, 0.5) is 0 Å². The van der Waals surface area contributed by atoms with Crippen LogP contribution in [-0.4, -0.2) is 47.9 Å². The van der Waals surface area contributed by atoms with Crippen molar-refractivity contribution in [3.05, 3.63) is 48.5 Å². The van der Waals surface area contributed by atoms with Gasteiger partial charge >= 0.3 is 0 Å². The Kier molecular flexibility index (Phi) is 5.37. The number of fused-ring (bicyclic) bond motifs is 1. The van der Waals surface area contributed by atoms with E-state index < -0.39 is 10.0 Å². The molecule has 9 heteroatoms. The number of sulfonamides is 1. The van der Waals surface area contributed by atoms with Crippen molar-refractivity contribution < 1.29 is 8.42 Å². The number of benzene rings is 1. The largest absolute Gasteiger partial charge is 0.315 e. The fourth-order valence-corrected chi connectivity index (χ4v) is 3.76. The Hall–Kier alpha value is -2.36. The Labute approximate surface area is 146 Å². The van der Waals surface area contributed by atoms with Crippen molar-refractivity contribution in [2.45, 2.75) is 24.3 Å². The first-order valence-corrected chi connectivity index (χ1v) is 9.44. The molecule has 0 bridgehead atoms. The molecule has 0 amide bonds. The van der Waals surface area contributed by atoms with Crippen LogP contribution in [0, 0.1) is 0 Å². The predicted octanol–water partition coefficient (Wildman–Crippen LogP) is 0.852. The van der Waals surface area contributed by atoms with Crippen LogP contribution >= 0.6 is 0 Å². The second-order valence-electron chi connectivity index (χ2n) is 5.82. The third-order valence-corrected chi connectivity index (χ3v) is 5.34. The fraction of sp³-hybridized carbons (Fsp3) is 0.312. The maximum Gasteiger partial charge on any atom is 0.240 e. The third kappa shape index (κ3) is 4.59. The second kappa shape index (κ2) is 7.68. The summed E-state index contributed by atoms with van der Waals surface area (Å²) < 4.78 is 27.7. The van der Waals surface area contributed by atoms with E-state index in [2.05, 4.69) is 30.4 Å². The molecule has 3 aromatic rings. The molecule has 0 spiro atoms. The number of hydrogen-bond acceptors (Lipinski definition) is 6. The van der Waals surface area contributed by atoms with Gasteiger partial charge in [0, 0.05) is 43.3 Å². The summed E-state index contributed by atoms with van der Waals surface area (Å²) in [6.45, 7) is 3.04. The number of rotatable bonds is 8. The standard InChI is InChI=1S/C16H20N6O2S/c1-12(9-17-7-5-15-11-19-22-20-15)21-25(23,24)16-3-2-14-10-18-6-4-13(14)8-16/h2-4,6,8,10-12,17,21H,5,7,9H2,1H3,(H,19,20,22)/t12-/m1/s1. The molecule has 25 heavy (non-hydrogen) atoms. The average molecular weight is 360 g/mol. The molecule has 0 aliphatic rings. The first-order chi connectivity index (χ1) is 12.0. The van der Waals surface area contributed by atoms with Crippen molar-refractivity contribution in [2.24, 2.45) is 0 Å². The Bertz CT molecular complexity index is 927. The van der Waals surface area contributed by atoms with Crippen LogP contribution in [-0.2, 0) is 16.4 Å². The molecule has 0 aliphatic carbocycles. The predicted molar refractivity (Wildman–Crippen MR) is 94.5 cm³/mol. The van der Waals surface area contributed by atoms with Gasteiger partial charge in [-0.05, 0) is 30.5 Å². The average Bonchev–Trinajstić information content (AvgIpc) is 3.11. The molecular formula is C16H20N6O2S. The van der Waals surface area contributed by atoms with Crippen LogP contribution in [0.25, 0.3) is 10.8 Å². The van der Waals surface area contributed by atoms with Gasteiger partial charge in [-0.25, -0.2) is 13.1 Å². The molecule has 1 aromatic carbocycles. The molecule has 0 radical (unpaired) electrons. The zero-order valence-electron chi connectivity index (χ0n) is 13.8.